The molecule has 0 spiro atoms. The summed E-state index contributed by atoms with van der Waals surface area (Å²) in [6, 6.07) is 15.5. The molecular weight excluding hydrogens is 302 g/mol. The zero-order valence-electron chi connectivity index (χ0n) is 13.9. The van der Waals surface area contributed by atoms with Crippen molar-refractivity contribution in [2.24, 2.45) is 0 Å². The third kappa shape index (κ3) is 3.77. The maximum Gasteiger partial charge on any atom is 0.261 e. The average molecular weight is 325 g/mol. The van der Waals surface area contributed by atoms with E-state index in [1.165, 1.54) is 11.1 Å². The molecule has 0 aliphatic heterocycles. The Hall–Kier alpha value is -2.33. The van der Waals surface area contributed by atoms with E-state index >= 15 is 0 Å². The first-order valence-electron chi connectivity index (χ1n) is 8.42. The molecule has 2 atom stereocenters. The normalized spacial score (nSPS) is 17.7. The number of aliphatic hydroxyl groups is 1. The lowest BCUT2D eigenvalue weighted by atomic mass is 9.87. The molecule has 1 amide bonds. The van der Waals surface area contributed by atoms with Gasteiger partial charge in [-0.15, -0.1) is 0 Å². The molecule has 0 radical (unpaired) electrons. The molecule has 0 heterocycles. The van der Waals surface area contributed by atoms with Crippen LogP contribution in [0.4, 0.5) is 0 Å². The first-order valence-corrected chi connectivity index (χ1v) is 8.42. The van der Waals surface area contributed by atoms with Gasteiger partial charge in [0.25, 0.3) is 5.91 Å². The summed E-state index contributed by atoms with van der Waals surface area (Å²) in [6.45, 7) is 1.70. The molecule has 4 nitrogen and oxygen atoms in total. The Morgan fingerprint density at radius 1 is 1.29 bits per heavy atom. The van der Waals surface area contributed by atoms with Crippen LogP contribution in [-0.4, -0.2) is 17.1 Å². The van der Waals surface area contributed by atoms with E-state index in [9.17, 15) is 9.90 Å². The predicted octanol–water partition coefficient (Wildman–Crippen LogP) is 3.14. The number of fused-ring (bicyclic) bond motifs is 1. The number of ether oxygens (including phenoxy) is 1. The molecule has 2 N–H and O–H groups in total. The van der Waals surface area contributed by atoms with Crippen LogP contribution in [0.5, 0.6) is 5.75 Å². The maximum absolute atomic E-state index is 12.5. The number of aryl methyl sites for hydroxylation is 1. The van der Waals surface area contributed by atoms with E-state index in [0.717, 1.165) is 24.8 Å². The minimum atomic E-state index is -0.590. The fourth-order valence-corrected chi connectivity index (χ4v) is 3.17. The first-order chi connectivity index (χ1) is 11.7. The van der Waals surface area contributed by atoms with Crippen LogP contribution in [0.2, 0.25) is 0 Å². The standard InChI is InChI=1S/C20H23NO3/c1-14(24-17-9-4-6-15(12-17)13-22)20(23)21-19-11-5-8-16-7-2-3-10-18(16)19/h2-4,6-7,9-10,12,14,19,22H,5,8,11,13H2,1H3,(H,21,23). The highest BCUT2D eigenvalue weighted by molar-refractivity contribution is 5.81. The Morgan fingerprint density at radius 2 is 2.12 bits per heavy atom. The van der Waals surface area contributed by atoms with Crippen LogP contribution in [0, 0.1) is 0 Å². The monoisotopic (exact) mass is 325 g/mol. The molecular formula is C20H23NO3. The van der Waals surface area contributed by atoms with Crippen molar-refractivity contribution in [3.8, 4) is 5.75 Å². The summed E-state index contributed by atoms with van der Waals surface area (Å²) in [5.74, 6) is 0.472. The van der Waals surface area contributed by atoms with E-state index in [-0.39, 0.29) is 18.6 Å². The molecule has 1 aliphatic rings. The summed E-state index contributed by atoms with van der Waals surface area (Å²) in [6.07, 6.45) is 2.52. The van der Waals surface area contributed by atoms with Crippen molar-refractivity contribution >= 4 is 5.91 Å². The van der Waals surface area contributed by atoms with Crippen molar-refractivity contribution in [1.29, 1.82) is 0 Å². The molecule has 126 valence electrons. The molecule has 2 aromatic rings. The van der Waals surface area contributed by atoms with E-state index in [0.29, 0.717) is 5.75 Å². The van der Waals surface area contributed by atoms with Gasteiger partial charge in [-0.25, -0.2) is 0 Å². The topological polar surface area (TPSA) is 58.6 Å². The van der Waals surface area contributed by atoms with Crippen molar-refractivity contribution < 1.29 is 14.6 Å². The maximum atomic E-state index is 12.5. The molecule has 4 heteroatoms. The molecule has 0 aromatic heterocycles. The summed E-state index contributed by atoms with van der Waals surface area (Å²) in [4.78, 5) is 12.5. The van der Waals surface area contributed by atoms with Crippen LogP contribution in [-0.2, 0) is 17.8 Å². The highest BCUT2D eigenvalue weighted by atomic mass is 16.5. The molecule has 3 rings (SSSR count). The minimum Gasteiger partial charge on any atom is -0.481 e. The number of hydrogen-bond donors (Lipinski definition) is 2. The molecule has 0 bridgehead atoms. The van der Waals surface area contributed by atoms with Crippen molar-refractivity contribution in [2.45, 2.75) is 44.9 Å². The van der Waals surface area contributed by atoms with Crippen LogP contribution in [0.3, 0.4) is 0 Å². The number of carbonyl (C=O) groups is 1. The number of amides is 1. The lowest BCUT2D eigenvalue weighted by Crippen LogP contribution is -2.39. The number of rotatable bonds is 5. The SMILES string of the molecule is CC(Oc1cccc(CO)c1)C(=O)NC1CCCc2ccccc21. The van der Waals surface area contributed by atoms with E-state index < -0.39 is 6.10 Å². The van der Waals surface area contributed by atoms with Gasteiger partial charge in [-0.05, 0) is 55.0 Å². The Bertz CT molecular complexity index is 714. The third-order valence-corrected chi connectivity index (χ3v) is 4.45. The second kappa shape index (κ2) is 7.49. The molecule has 24 heavy (non-hydrogen) atoms. The summed E-state index contributed by atoms with van der Waals surface area (Å²) >= 11 is 0. The molecule has 1 aliphatic carbocycles. The number of nitrogens with one attached hydrogen (secondary N) is 1. The molecule has 0 fully saturated rings. The largest absolute Gasteiger partial charge is 0.481 e. The zero-order valence-corrected chi connectivity index (χ0v) is 13.9. The van der Waals surface area contributed by atoms with Gasteiger partial charge in [-0.3, -0.25) is 4.79 Å². The highest BCUT2D eigenvalue weighted by Crippen LogP contribution is 2.29. The second-order valence-corrected chi connectivity index (χ2v) is 6.22. The zero-order chi connectivity index (χ0) is 16.9. The van der Waals surface area contributed by atoms with Crippen molar-refractivity contribution in [2.75, 3.05) is 0 Å². The number of hydrogen-bond acceptors (Lipinski definition) is 3. The first kappa shape index (κ1) is 16.5. The second-order valence-electron chi connectivity index (χ2n) is 6.22. The van der Waals surface area contributed by atoms with Crippen molar-refractivity contribution in [1.82, 2.24) is 5.32 Å². The fourth-order valence-electron chi connectivity index (χ4n) is 3.17. The summed E-state index contributed by atoms with van der Waals surface area (Å²) in [7, 11) is 0. The lowest BCUT2D eigenvalue weighted by Gasteiger charge is -2.27. The Labute approximate surface area is 142 Å². The fraction of sp³-hybridized carbons (Fsp3) is 0.350. The lowest BCUT2D eigenvalue weighted by molar-refractivity contribution is -0.128. The summed E-state index contributed by atoms with van der Waals surface area (Å²) in [5, 5.41) is 12.3. The Morgan fingerprint density at radius 3 is 2.96 bits per heavy atom. The van der Waals surface area contributed by atoms with E-state index in [1.54, 1.807) is 19.1 Å². The van der Waals surface area contributed by atoms with Crippen LogP contribution >= 0.6 is 0 Å². The van der Waals surface area contributed by atoms with Crippen LogP contribution in [0.1, 0.15) is 42.5 Å². The average Bonchev–Trinajstić information content (AvgIpc) is 2.62. The van der Waals surface area contributed by atoms with E-state index in [1.807, 2.05) is 24.3 Å². The van der Waals surface area contributed by atoms with Crippen molar-refractivity contribution in [3.05, 3.63) is 65.2 Å². The van der Waals surface area contributed by atoms with Gasteiger partial charge in [0, 0.05) is 0 Å². The molecule has 2 unspecified atom stereocenters. The van der Waals surface area contributed by atoms with Crippen LogP contribution < -0.4 is 10.1 Å². The quantitative estimate of drug-likeness (QED) is 0.888. The van der Waals surface area contributed by atoms with E-state index in [4.69, 9.17) is 4.74 Å². The van der Waals surface area contributed by atoms with Gasteiger partial charge in [-0.2, -0.15) is 0 Å². The van der Waals surface area contributed by atoms with Crippen LogP contribution in [0.25, 0.3) is 0 Å². The molecule has 2 aromatic carbocycles. The number of aliphatic hydroxyl groups excluding tert-OH is 1. The van der Waals surface area contributed by atoms with Gasteiger partial charge in [0.05, 0.1) is 12.6 Å². The van der Waals surface area contributed by atoms with Gasteiger partial charge >= 0.3 is 0 Å². The van der Waals surface area contributed by atoms with Gasteiger partial charge in [-0.1, -0.05) is 36.4 Å². The van der Waals surface area contributed by atoms with E-state index in [2.05, 4.69) is 17.4 Å². The number of benzene rings is 2. The van der Waals surface area contributed by atoms with Gasteiger partial charge in [0.2, 0.25) is 0 Å². The van der Waals surface area contributed by atoms with Gasteiger partial charge < -0.3 is 15.2 Å². The molecule has 0 saturated carbocycles. The van der Waals surface area contributed by atoms with Gasteiger partial charge in [0.1, 0.15) is 5.75 Å². The third-order valence-electron chi connectivity index (χ3n) is 4.45. The summed E-state index contributed by atoms with van der Waals surface area (Å²) in [5.41, 5.74) is 3.30. The smallest absolute Gasteiger partial charge is 0.261 e. The predicted molar refractivity (Wildman–Crippen MR) is 92.7 cm³/mol. The van der Waals surface area contributed by atoms with Crippen molar-refractivity contribution in [3.63, 3.8) is 0 Å². The summed E-state index contributed by atoms with van der Waals surface area (Å²) < 4.78 is 5.72. The minimum absolute atomic E-state index is 0.0450. The van der Waals surface area contributed by atoms with Gasteiger partial charge in [0.15, 0.2) is 6.10 Å². The number of carbonyl (C=O) groups excluding carboxylic acids is 1. The molecule has 0 saturated heterocycles. The Balaban J connectivity index is 1.64. The highest BCUT2D eigenvalue weighted by Gasteiger charge is 2.24. The van der Waals surface area contributed by atoms with Crippen LogP contribution in [0.15, 0.2) is 48.5 Å². The Kier molecular flexibility index (Phi) is 5.16.